The Bertz CT molecular complexity index is 682. The predicted molar refractivity (Wildman–Crippen MR) is 130 cm³/mol. The number of carbonyl (C=O) groups is 1. The fourth-order valence-corrected chi connectivity index (χ4v) is 5.58. The SMILES string of the molecule is CCCCc1ccc(NC(=O)CC2CSC(=NC3CCCCC3)N2CCCC)cc1. The van der Waals surface area contributed by atoms with Crippen molar-refractivity contribution in [2.24, 2.45) is 4.99 Å². The summed E-state index contributed by atoms with van der Waals surface area (Å²) in [4.78, 5) is 20.3. The molecule has 30 heavy (non-hydrogen) atoms. The van der Waals surface area contributed by atoms with Gasteiger partial charge in [-0.15, -0.1) is 0 Å². The van der Waals surface area contributed by atoms with Crippen LogP contribution < -0.4 is 5.32 Å². The van der Waals surface area contributed by atoms with Gasteiger partial charge in [-0.05, 0) is 49.8 Å². The molecule has 2 fully saturated rings. The van der Waals surface area contributed by atoms with E-state index in [4.69, 9.17) is 4.99 Å². The molecule has 1 saturated carbocycles. The molecule has 2 aliphatic rings. The van der Waals surface area contributed by atoms with Crippen molar-refractivity contribution >= 4 is 28.5 Å². The summed E-state index contributed by atoms with van der Waals surface area (Å²) in [5, 5.41) is 4.30. The number of anilines is 1. The fourth-order valence-electron chi connectivity index (χ4n) is 4.32. The van der Waals surface area contributed by atoms with E-state index < -0.39 is 0 Å². The van der Waals surface area contributed by atoms with E-state index in [0.717, 1.165) is 30.8 Å². The molecule has 1 unspecified atom stereocenters. The molecule has 4 nitrogen and oxygen atoms in total. The maximum absolute atomic E-state index is 12.8. The van der Waals surface area contributed by atoms with Crippen molar-refractivity contribution in [3.8, 4) is 0 Å². The van der Waals surface area contributed by atoms with Gasteiger partial charge in [0.05, 0.1) is 6.04 Å². The first-order valence-corrected chi connectivity index (χ1v) is 13.0. The molecule has 1 aromatic rings. The molecule has 0 bridgehead atoms. The Morgan fingerprint density at radius 2 is 1.83 bits per heavy atom. The highest BCUT2D eigenvalue weighted by Gasteiger charge is 2.32. The predicted octanol–water partition coefficient (Wildman–Crippen LogP) is 6.26. The maximum Gasteiger partial charge on any atom is 0.226 e. The topological polar surface area (TPSA) is 44.7 Å². The van der Waals surface area contributed by atoms with Crippen LogP contribution in [0.25, 0.3) is 0 Å². The van der Waals surface area contributed by atoms with Crippen molar-refractivity contribution in [1.29, 1.82) is 0 Å². The third kappa shape index (κ3) is 7.04. The molecule has 3 rings (SSSR count). The molecule has 0 aromatic heterocycles. The van der Waals surface area contributed by atoms with Crippen molar-refractivity contribution in [1.82, 2.24) is 4.90 Å². The molecule has 1 aromatic carbocycles. The Morgan fingerprint density at radius 3 is 2.53 bits per heavy atom. The monoisotopic (exact) mass is 429 g/mol. The first kappa shape index (κ1) is 23.2. The Kier molecular flexibility index (Phi) is 9.57. The molecule has 1 aliphatic heterocycles. The van der Waals surface area contributed by atoms with Crippen molar-refractivity contribution in [2.75, 3.05) is 17.6 Å². The summed E-state index contributed by atoms with van der Waals surface area (Å²) in [6.45, 7) is 5.46. The number of hydrogen-bond donors (Lipinski definition) is 1. The van der Waals surface area contributed by atoms with Crippen molar-refractivity contribution in [2.45, 2.75) is 96.6 Å². The van der Waals surface area contributed by atoms with Gasteiger partial charge in [-0.1, -0.05) is 69.8 Å². The average molecular weight is 430 g/mol. The zero-order chi connectivity index (χ0) is 21.2. The highest BCUT2D eigenvalue weighted by Crippen LogP contribution is 2.30. The number of nitrogens with zero attached hydrogens (tertiary/aromatic N) is 2. The van der Waals surface area contributed by atoms with Crippen LogP contribution >= 0.6 is 11.8 Å². The summed E-state index contributed by atoms with van der Waals surface area (Å²) in [7, 11) is 0. The number of nitrogens with one attached hydrogen (secondary N) is 1. The van der Waals surface area contributed by atoms with Crippen molar-refractivity contribution < 1.29 is 4.79 Å². The van der Waals surface area contributed by atoms with E-state index in [9.17, 15) is 4.79 Å². The second kappa shape index (κ2) is 12.4. The van der Waals surface area contributed by atoms with E-state index in [-0.39, 0.29) is 11.9 Å². The van der Waals surface area contributed by atoms with Crippen LogP contribution in [0.15, 0.2) is 29.3 Å². The molecule has 0 radical (unpaired) electrons. The van der Waals surface area contributed by atoms with E-state index in [2.05, 4.69) is 36.2 Å². The second-order valence-electron chi connectivity index (χ2n) is 8.77. The quantitative estimate of drug-likeness (QED) is 0.477. The molecular formula is C25H39N3OS. The van der Waals surface area contributed by atoms with Gasteiger partial charge in [-0.3, -0.25) is 9.79 Å². The fraction of sp³-hybridized carbons (Fsp3) is 0.680. The summed E-state index contributed by atoms with van der Waals surface area (Å²) >= 11 is 1.86. The molecule has 1 N–H and O–H groups in total. The summed E-state index contributed by atoms with van der Waals surface area (Å²) in [5.41, 5.74) is 2.25. The van der Waals surface area contributed by atoms with Gasteiger partial charge >= 0.3 is 0 Å². The molecule has 1 amide bonds. The van der Waals surface area contributed by atoms with Gasteiger partial charge in [0, 0.05) is 30.4 Å². The third-order valence-corrected chi connectivity index (χ3v) is 7.34. The van der Waals surface area contributed by atoms with E-state index in [0.29, 0.717) is 12.5 Å². The van der Waals surface area contributed by atoms with Gasteiger partial charge in [0.2, 0.25) is 5.91 Å². The largest absolute Gasteiger partial charge is 0.347 e. The van der Waals surface area contributed by atoms with Gasteiger partial charge in [0.25, 0.3) is 0 Å². The van der Waals surface area contributed by atoms with E-state index in [1.165, 1.54) is 62.1 Å². The standard InChI is InChI=1S/C25H39N3OS/c1-3-5-10-20-13-15-22(16-14-20)26-24(29)18-23-19-30-25(28(23)17-6-4-2)27-21-11-8-7-9-12-21/h13-16,21,23H,3-12,17-19H2,1-2H3,(H,26,29). The number of amidine groups is 1. The average Bonchev–Trinajstić information content (AvgIpc) is 3.13. The molecule has 1 aliphatic carbocycles. The van der Waals surface area contributed by atoms with Crippen LogP contribution in [0.4, 0.5) is 5.69 Å². The van der Waals surface area contributed by atoms with E-state index >= 15 is 0 Å². The molecule has 166 valence electrons. The number of hydrogen-bond acceptors (Lipinski definition) is 3. The number of thioether (sulfide) groups is 1. The second-order valence-corrected chi connectivity index (χ2v) is 9.76. The lowest BCUT2D eigenvalue weighted by molar-refractivity contribution is -0.116. The van der Waals surface area contributed by atoms with Gasteiger partial charge in [-0.2, -0.15) is 0 Å². The zero-order valence-corrected chi connectivity index (χ0v) is 19.7. The molecule has 1 heterocycles. The van der Waals surface area contributed by atoms with E-state index in [1.54, 1.807) is 0 Å². The highest BCUT2D eigenvalue weighted by atomic mass is 32.2. The Morgan fingerprint density at radius 1 is 1.10 bits per heavy atom. The number of rotatable bonds is 10. The van der Waals surface area contributed by atoms with Crippen LogP contribution in [0.3, 0.4) is 0 Å². The van der Waals surface area contributed by atoms with Gasteiger partial charge in [0.15, 0.2) is 5.17 Å². The first-order valence-electron chi connectivity index (χ1n) is 12.1. The summed E-state index contributed by atoms with van der Waals surface area (Å²) in [6, 6.07) is 9.10. The molecule has 1 atom stereocenters. The summed E-state index contributed by atoms with van der Waals surface area (Å²) in [6.07, 6.45) is 12.8. The Hall–Kier alpha value is -1.49. The first-order chi connectivity index (χ1) is 14.7. The number of aryl methyl sites for hydroxylation is 1. The minimum atomic E-state index is 0.113. The minimum absolute atomic E-state index is 0.113. The van der Waals surface area contributed by atoms with Gasteiger partial charge in [-0.25, -0.2) is 0 Å². The third-order valence-electron chi connectivity index (χ3n) is 6.19. The lowest BCUT2D eigenvalue weighted by Crippen LogP contribution is -2.38. The number of amides is 1. The smallest absolute Gasteiger partial charge is 0.226 e. The minimum Gasteiger partial charge on any atom is -0.347 e. The summed E-state index contributed by atoms with van der Waals surface area (Å²) < 4.78 is 0. The maximum atomic E-state index is 12.8. The van der Waals surface area contributed by atoms with E-state index in [1.807, 2.05) is 23.9 Å². The van der Waals surface area contributed by atoms with Crippen molar-refractivity contribution in [3.05, 3.63) is 29.8 Å². The number of unbranched alkanes of at least 4 members (excludes halogenated alkanes) is 2. The lowest BCUT2D eigenvalue weighted by Gasteiger charge is -2.27. The summed E-state index contributed by atoms with van der Waals surface area (Å²) in [5.74, 6) is 1.08. The lowest BCUT2D eigenvalue weighted by atomic mass is 9.96. The molecule has 1 saturated heterocycles. The van der Waals surface area contributed by atoms with Crippen LogP contribution in [0, 0.1) is 0 Å². The molecular weight excluding hydrogens is 390 g/mol. The van der Waals surface area contributed by atoms with Crippen LogP contribution in [0.2, 0.25) is 0 Å². The normalized spacial score (nSPS) is 21.3. The number of aliphatic imine (C=N–C) groups is 1. The Labute approximate surface area is 187 Å². The molecule has 0 spiro atoms. The highest BCUT2D eigenvalue weighted by molar-refractivity contribution is 8.14. The Balaban J connectivity index is 1.56. The molecule has 5 heteroatoms. The van der Waals surface area contributed by atoms with Crippen LogP contribution in [0.1, 0.15) is 83.6 Å². The van der Waals surface area contributed by atoms with Crippen molar-refractivity contribution in [3.63, 3.8) is 0 Å². The van der Waals surface area contributed by atoms with Crippen LogP contribution in [0.5, 0.6) is 0 Å². The van der Waals surface area contributed by atoms with Gasteiger partial charge < -0.3 is 10.2 Å². The number of carbonyl (C=O) groups excluding carboxylic acids is 1. The van der Waals surface area contributed by atoms with Crippen LogP contribution in [-0.2, 0) is 11.2 Å². The zero-order valence-electron chi connectivity index (χ0n) is 18.9. The van der Waals surface area contributed by atoms with Crippen LogP contribution in [-0.4, -0.2) is 40.4 Å². The van der Waals surface area contributed by atoms with Gasteiger partial charge in [0.1, 0.15) is 0 Å². The number of benzene rings is 1.